The first-order chi connectivity index (χ1) is 13.7. The number of halogens is 1. The van der Waals surface area contributed by atoms with Crippen LogP contribution in [0, 0.1) is 0 Å². The van der Waals surface area contributed by atoms with Crippen molar-refractivity contribution in [3.8, 4) is 5.75 Å². The minimum absolute atomic E-state index is 0.301. The van der Waals surface area contributed by atoms with Gasteiger partial charge in [0.25, 0.3) is 0 Å². The maximum absolute atomic E-state index is 13.2. The molecule has 0 aliphatic carbocycles. The number of anilines is 1. The fraction of sp³-hybridized carbons (Fsp3) is 0.364. The second-order valence-corrected chi connectivity index (χ2v) is 8.37. The standard InChI is InChI=1S/C22H25ClN2O4/c1-22(2,3)29-21(27)25-13-15-8-6-5-7-14(15)11-18(25)20(26)24-17-12-16(23)9-10-19(17)28-4/h5-10,12,18H,11,13H2,1-4H3,(H,24,26)/t18-/m1/s1. The lowest BCUT2D eigenvalue weighted by Crippen LogP contribution is -2.52. The summed E-state index contributed by atoms with van der Waals surface area (Å²) in [5.41, 5.74) is 1.83. The van der Waals surface area contributed by atoms with E-state index in [1.165, 1.54) is 12.0 Å². The summed E-state index contributed by atoms with van der Waals surface area (Å²) in [4.78, 5) is 27.5. The average molecular weight is 417 g/mol. The van der Waals surface area contributed by atoms with E-state index in [1.807, 2.05) is 24.3 Å². The van der Waals surface area contributed by atoms with Gasteiger partial charge < -0.3 is 14.8 Å². The predicted octanol–water partition coefficient (Wildman–Crippen LogP) is 4.65. The van der Waals surface area contributed by atoms with Crippen molar-refractivity contribution in [2.75, 3.05) is 12.4 Å². The van der Waals surface area contributed by atoms with Crippen molar-refractivity contribution < 1.29 is 19.1 Å². The summed E-state index contributed by atoms with van der Waals surface area (Å²) in [6.45, 7) is 5.70. The molecule has 2 amide bonds. The Hall–Kier alpha value is -2.73. The van der Waals surface area contributed by atoms with Gasteiger partial charge in [0.05, 0.1) is 19.3 Å². The van der Waals surface area contributed by atoms with Gasteiger partial charge in [-0.15, -0.1) is 0 Å². The highest BCUT2D eigenvalue weighted by Gasteiger charge is 2.37. The van der Waals surface area contributed by atoms with E-state index in [1.54, 1.807) is 39.0 Å². The van der Waals surface area contributed by atoms with Crippen LogP contribution >= 0.6 is 11.6 Å². The highest BCUT2D eigenvalue weighted by molar-refractivity contribution is 6.31. The summed E-state index contributed by atoms with van der Waals surface area (Å²) in [7, 11) is 1.52. The Morgan fingerprint density at radius 3 is 2.48 bits per heavy atom. The molecule has 2 aromatic rings. The molecule has 0 bridgehead atoms. The van der Waals surface area contributed by atoms with Crippen molar-refractivity contribution in [1.82, 2.24) is 4.90 Å². The molecule has 1 aliphatic rings. The highest BCUT2D eigenvalue weighted by atomic mass is 35.5. The Labute approximate surface area is 175 Å². The Morgan fingerprint density at radius 1 is 1.14 bits per heavy atom. The fourth-order valence-electron chi connectivity index (χ4n) is 3.26. The molecule has 154 valence electrons. The van der Waals surface area contributed by atoms with Crippen molar-refractivity contribution in [3.63, 3.8) is 0 Å². The van der Waals surface area contributed by atoms with Gasteiger partial charge in [-0.1, -0.05) is 35.9 Å². The number of rotatable bonds is 3. The van der Waals surface area contributed by atoms with Gasteiger partial charge in [0.2, 0.25) is 5.91 Å². The van der Waals surface area contributed by atoms with Crippen molar-refractivity contribution in [2.24, 2.45) is 0 Å². The summed E-state index contributed by atoms with van der Waals surface area (Å²) in [6, 6.07) is 12.0. The maximum atomic E-state index is 13.2. The second kappa shape index (κ2) is 8.33. The Bertz CT molecular complexity index is 923. The van der Waals surface area contributed by atoms with Crippen molar-refractivity contribution in [1.29, 1.82) is 0 Å². The third kappa shape index (κ3) is 5.01. The van der Waals surface area contributed by atoms with Gasteiger partial charge in [-0.3, -0.25) is 9.69 Å². The monoisotopic (exact) mass is 416 g/mol. The number of ether oxygens (including phenoxy) is 2. The fourth-order valence-corrected chi connectivity index (χ4v) is 3.44. The number of nitrogens with one attached hydrogen (secondary N) is 1. The molecule has 0 fully saturated rings. The summed E-state index contributed by atoms with van der Waals surface area (Å²) < 4.78 is 10.9. The smallest absolute Gasteiger partial charge is 0.411 e. The van der Waals surface area contributed by atoms with E-state index in [9.17, 15) is 9.59 Å². The summed E-state index contributed by atoms with van der Waals surface area (Å²) in [5, 5.41) is 3.32. The third-order valence-corrected chi connectivity index (χ3v) is 4.83. The normalized spacial score (nSPS) is 16.0. The van der Waals surface area contributed by atoms with Gasteiger partial charge >= 0.3 is 6.09 Å². The largest absolute Gasteiger partial charge is 0.495 e. The van der Waals surface area contributed by atoms with Crippen molar-refractivity contribution >= 4 is 29.3 Å². The quantitative estimate of drug-likeness (QED) is 0.790. The molecule has 1 atom stereocenters. The molecule has 7 heteroatoms. The first-order valence-corrected chi connectivity index (χ1v) is 9.76. The molecule has 2 aromatic carbocycles. The molecule has 0 saturated carbocycles. The lowest BCUT2D eigenvalue weighted by molar-refractivity contribution is -0.121. The van der Waals surface area contributed by atoms with Crippen LogP contribution in [0.5, 0.6) is 5.75 Å². The van der Waals surface area contributed by atoms with E-state index in [-0.39, 0.29) is 5.91 Å². The van der Waals surface area contributed by atoms with Crippen LogP contribution in [0.1, 0.15) is 31.9 Å². The molecule has 29 heavy (non-hydrogen) atoms. The molecule has 0 aromatic heterocycles. The van der Waals surface area contributed by atoms with Gasteiger partial charge in [-0.05, 0) is 50.1 Å². The Balaban J connectivity index is 1.90. The Morgan fingerprint density at radius 2 is 1.83 bits per heavy atom. The molecule has 1 N–H and O–H groups in total. The van der Waals surface area contributed by atoms with Gasteiger partial charge in [0.1, 0.15) is 17.4 Å². The summed E-state index contributed by atoms with van der Waals surface area (Å²) in [6.07, 6.45) is -0.130. The van der Waals surface area contributed by atoms with Crippen molar-refractivity contribution in [2.45, 2.75) is 45.4 Å². The minimum atomic E-state index is -0.719. The first-order valence-electron chi connectivity index (χ1n) is 9.39. The lowest BCUT2D eigenvalue weighted by Gasteiger charge is -2.37. The molecule has 0 radical (unpaired) electrons. The molecular formula is C22H25ClN2O4. The zero-order valence-corrected chi connectivity index (χ0v) is 17.7. The van der Waals surface area contributed by atoms with Gasteiger partial charge in [0.15, 0.2) is 0 Å². The lowest BCUT2D eigenvalue weighted by atomic mass is 9.93. The molecular weight excluding hydrogens is 392 g/mol. The average Bonchev–Trinajstić information content (AvgIpc) is 2.65. The first kappa shape index (κ1) is 21.0. The van der Waals surface area contributed by atoms with Crippen LogP contribution in [0.4, 0.5) is 10.5 Å². The molecule has 1 heterocycles. The second-order valence-electron chi connectivity index (χ2n) is 7.93. The van der Waals surface area contributed by atoms with Crippen LogP contribution in [0.3, 0.4) is 0 Å². The zero-order valence-electron chi connectivity index (χ0n) is 17.0. The molecule has 0 unspecified atom stereocenters. The van der Waals surface area contributed by atoms with E-state index in [0.29, 0.717) is 29.4 Å². The minimum Gasteiger partial charge on any atom is -0.495 e. The van der Waals surface area contributed by atoms with Gasteiger partial charge in [-0.25, -0.2) is 4.79 Å². The third-order valence-electron chi connectivity index (χ3n) is 4.60. The summed E-state index contributed by atoms with van der Waals surface area (Å²) in [5.74, 6) is 0.161. The van der Waals surface area contributed by atoms with E-state index < -0.39 is 17.7 Å². The molecule has 6 nitrogen and oxygen atoms in total. The predicted molar refractivity (Wildman–Crippen MR) is 112 cm³/mol. The number of hydrogen-bond donors (Lipinski definition) is 1. The van der Waals surface area contributed by atoms with Crippen molar-refractivity contribution in [3.05, 3.63) is 58.6 Å². The number of nitrogens with zero attached hydrogens (tertiary/aromatic N) is 1. The van der Waals surface area contributed by atoms with Gasteiger partial charge in [-0.2, -0.15) is 0 Å². The Kier molecular flexibility index (Phi) is 6.03. The number of carbonyl (C=O) groups is 2. The van der Waals surface area contributed by atoms with Crippen LogP contribution < -0.4 is 10.1 Å². The van der Waals surface area contributed by atoms with Crippen LogP contribution in [-0.2, 0) is 22.5 Å². The number of amides is 2. The van der Waals surface area contributed by atoms with Gasteiger partial charge in [0, 0.05) is 11.4 Å². The zero-order chi connectivity index (χ0) is 21.2. The van der Waals surface area contributed by atoms with E-state index in [0.717, 1.165) is 11.1 Å². The summed E-state index contributed by atoms with van der Waals surface area (Å²) >= 11 is 6.07. The number of hydrogen-bond acceptors (Lipinski definition) is 4. The molecule has 0 saturated heterocycles. The maximum Gasteiger partial charge on any atom is 0.411 e. The van der Waals surface area contributed by atoms with Crippen LogP contribution in [0.15, 0.2) is 42.5 Å². The van der Waals surface area contributed by atoms with E-state index in [4.69, 9.17) is 21.1 Å². The van der Waals surface area contributed by atoms with E-state index in [2.05, 4.69) is 5.32 Å². The molecule has 1 aliphatic heterocycles. The topological polar surface area (TPSA) is 67.9 Å². The highest BCUT2D eigenvalue weighted by Crippen LogP contribution is 2.30. The number of carbonyl (C=O) groups excluding carboxylic acids is 2. The molecule has 3 rings (SSSR count). The van der Waals surface area contributed by atoms with Crippen LogP contribution in [0.25, 0.3) is 0 Å². The van der Waals surface area contributed by atoms with Crippen LogP contribution in [0.2, 0.25) is 5.02 Å². The number of fused-ring (bicyclic) bond motifs is 1. The van der Waals surface area contributed by atoms with E-state index >= 15 is 0 Å². The van der Waals surface area contributed by atoms with Crippen LogP contribution in [-0.4, -0.2) is 35.7 Å². The molecule has 0 spiro atoms. The SMILES string of the molecule is COc1ccc(Cl)cc1NC(=O)[C@H]1Cc2ccccc2CN1C(=O)OC(C)(C)C. The number of methoxy groups -OCH3 is 1. The number of benzene rings is 2.